The van der Waals surface area contributed by atoms with Crippen molar-refractivity contribution < 1.29 is 14.4 Å². The first-order chi connectivity index (χ1) is 9.51. The van der Waals surface area contributed by atoms with E-state index in [4.69, 9.17) is 21.1 Å². The van der Waals surface area contributed by atoms with Crippen molar-refractivity contribution in [3.05, 3.63) is 21.1 Å². The summed E-state index contributed by atoms with van der Waals surface area (Å²) in [4.78, 5) is 18.2. The fraction of sp³-hybridized carbons (Fsp3) is 0.667. The zero-order chi connectivity index (χ0) is 14.7. The summed E-state index contributed by atoms with van der Waals surface area (Å²) in [5, 5.41) is 11.0. The van der Waals surface area contributed by atoms with Gasteiger partial charge in [-0.15, -0.1) is 0 Å². The van der Waals surface area contributed by atoms with Crippen molar-refractivity contribution in [2.24, 2.45) is 0 Å². The number of halogens is 1. The Morgan fingerprint density at radius 3 is 2.70 bits per heavy atom. The van der Waals surface area contributed by atoms with Crippen molar-refractivity contribution in [1.82, 2.24) is 9.97 Å². The Morgan fingerprint density at radius 1 is 1.35 bits per heavy atom. The molecule has 0 spiro atoms. The number of nitro groups is 1. The van der Waals surface area contributed by atoms with Gasteiger partial charge >= 0.3 is 5.69 Å². The van der Waals surface area contributed by atoms with E-state index >= 15 is 0 Å². The molecule has 1 aromatic rings. The second-order valence-electron chi connectivity index (χ2n) is 4.75. The Morgan fingerprint density at radius 2 is 2.05 bits per heavy atom. The summed E-state index contributed by atoms with van der Waals surface area (Å²) in [7, 11) is 1.65. The summed E-state index contributed by atoms with van der Waals surface area (Å²) in [6.07, 6.45) is 3.40. The van der Waals surface area contributed by atoms with E-state index in [-0.39, 0.29) is 34.8 Å². The lowest BCUT2D eigenvalue weighted by Gasteiger charge is -2.28. The zero-order valence-electron chi connectivity index (χ0n) is 11.3. The van der Waals surface area contributed by atoms with Gasteiger partial charge in [-0.3, -0.25) is 10.1 Å². The number of ether oxygens (including phenoxy) is 2. The van der Waals surface area contributed by atoms with E-state index in [9.17, 15) is 10.1 Å². The Labute approximate surface area is 121 Å². The SMILES string of the molecule is COC1CCCC(Oc2nc(Cl)nc(C)c2[N+](=O)[O-])C1. The number of hydrogen-bond acceptors (Lipinski definition) is 6. The van der Waals surface area contributed by atoms with Gasteiger partial charge in [0, 0.05) is 13.5 Å². The van der Waals surface area contributed by atoms with Gasteiger partial charge in [0.25, 0.3) is 5.88 Å². The van der Waals surface area contributed by atoms with E-state index in [1.165, 1.54) is 6.92 Å². The molecule has 2 atom stereocenters. The first kappa shape index (κ1) is 14.9. The summed E-state index contributed by atoms with van der Waals surface area (Å²) < 4.78 is 11.0. The smallest absolute Gasteiger partial charge is 0.352 e. The van der Waals surface area contributed by atoms with E-state index in [0.29, 0.717) is 6.42 Å². The molecule has 110 valence electrons. The maximum Gasteiger partial charge on any atom is 0.352 e. The molecule has 1 aliphatic carbocycles. The van der Waals surface area contributed by atoms with Crippen LogP contribution in [0, 0.1) is 17.0 Å². The van der Waals surface area contributed by atoms with E-state index in [1.54, 1.807) is 7.11 Å². The molecule has 0 amide bonds. The number of methoxy groups -OCH3 is 1. The first-order valence-corrected chi connectivity index (χ1v) is 6.77. The highest BCUT2D eigenvalue weighted by Crippen LogP contribution is 2.32. The van der Waals surface area contributed by atoms with Crippen molar-refractivity contribution in [1.29, 1.82) is 0 Å². The Kier molecular flexibility index (Phi) is 4.72. The number of nitrogens with zero attached hydrogens (tertiary/aromatic N) is 3. The van der Waals surface area contributed by atoms with Crippen molar-refractivity contribution in [3.8, 4) is 5.88 Å². The molecule has 2 rings (SSSR count). The molecule has 0 aliphatic heterocycles. The Bertz CT molecular complexity index is 512. The molecule has 0 saturated heterocycles. The average Bonchev–Trinajstić information content (AvgIpc) is 2.37. The Balaban J connectivity index is 2.22. The molecular weight excluding hydrogens is 286 g/mol. The van der Waals surface area contributed by atoms with Crippen molar-refractivity contribution in [2.75, 3.05) is 7.11 Å². The molecule has 1 heterocycles. The predicted octanol–water partition coefficient (Wildman–Crippen LogP) is 2.68. The van der Waals surface area contributed by atoms with Crippen LogP contribution in [-0.2, 0) is 4.74 Å². The first-order valence-electron chi connectivity index (χ1n) is 6.39. The zero-order valence-corrected chi connectivity index (χ0v) is 12.1. The molecule has 8 heteroatoms. The van der Waals surface area contributed by atoms with Crippen LogP contribution in [0.2, 0.25) is 5.28 Å². The summed E-state index contributed by atoms with van der Waals surface area (Å²) in [6, 6.07) is 0. The maximum absolute atomic E-state index is 11.1. The van der Waals surface area contributed by atoms with Gasteiger partial charge in [0.2, 0.25) is 5.28 Å². The summed E-state index contributed by atoms with van der Waals surface area (Å²) in [6.45, 7) is 1.51. The van der Waals surface area contributed by atoms with Crippen LogP contribution in [0.5, 0.6) is 5.88 Å². The van der Waals surface area contributed by atoms with Crippen molar-refractivity contribution in [2.45, 2.75) is 44.8 Å². The third kappa shape index (κ3) is 3.34. The summed E-state index contributed by atoms with van der Waals surface area (Å²) in [5.74, 6) is -0.0609. The molecule has 1 aromatic heterocycles. The van der Waals surface area contributed by atoms with Crippen molar-refractivity contribution in [3.63, 3.8) is 0 Å². The summed E-state index contributed by atoms with van der Waals surface area (Å²) >= 11 is 5.75. The lowest BCUT2D eigenvalue weighted by molar-refractivity contribution is -0.387. The monoisotopic (exact) mass is 301 g/mol. The molecule has 7 nitrogen and oxygen atoms in total. The van der Waals surface area contributed by atoms with Gasteiger partial charge in [-0.05, 0) is 37.8 Å². The van der Waals surface area contributed by atoms with Crippen LogP contribution in [0.1, 0.15) is 31.4 Å². The standard InChI is InChI=1S/C12H16ClN3O4/c1-7-10(16(17)18)11(15-12(13)14-7)20-9-5-3-4-8(6-9)19-2/h8-9H,3-6H2,1-2H3. The largest absolute Gasteiger partial charge is 0.469 e. The highest BCUT2D eigenvalue weighted by Gasteiger charge is 2.29. The molecule has 0 bridgehead atoms. The average molecular weight is 302 g/mol. The maximum atomic E-state index is 11.1. The van der Waals surface area contributed by atoms with Gasteiger partial charge < -0.3 is 9.47 Å². The van der Waals surface area contributed by atoms with E-state index in [1.807, 2.05) is 0 Å². The minimum atomic E-state index is -0.544. The molecule has 0 aromatic carbocycles. The third-order valence-corrected chi connectivity index (χ3v) is 3.54. The van der Waals surface area contributed by atoms with Gasteiger partial charge in [-0.1, -0.05) is 0 Å². The lowest BCUT2D eigenvalue weighted by Crippen LogP contribution is -2.30. The molecular formula is C12H16ClN3O4. The second kappa shape index (κ2) is 6.32. The summed E-state index contributed by atoms with van der Waals surface area (Å²) in [5.41, 5.74) is -0.0296. The minimum absolute atomic E-state index is 0.0535. The topological polar surface area (TPSA) is 87.4 Å². The van der Waals surface area contributed by atoms with Gasteiger partial charge in [0.15, 0.2) is 0 Å². The van der Waals surface area contributed by atoms with Gasteiger partial charge in [0.05, 0.1) is 11.0 Å². The molecule has 0 N–H and O–H groups in total. The minimum Gasteiger partial charge on any atom is -0.469 e. The highest BCUT2D eigenvalue weighted by atomic mass is 35.5. The van der Waals surface area contributed by atoms with Gasteiger partial charge in [-0.2, -0.15) is 4.98 Å². The third-order valence-electron chi connectivity index (χ3n) is 3.37. The van der Waals surface area contributed by atoms with Crippen LogP contribution < -0.4 is 4.74 Å². The Hall–Kier alpha value is -1.47. The fourth-order valence-corrected chi connectivity index (χ4v) is 2.58. The number of aryl methyl sites for hydroxylation is 1. The van der Waals surface area contributed by atoms with E-state index in [0.717, 1.165) is 19.3 Å². The number of hydrogen-bond donors (Lipinski definition) is 0. The molecule has 2 unspecified atom stereocenters. The highest BCUT2D eigenvalue weighted by molar-refractivity contribution is 6.28. The normalized spacial score (nSPS) is 22.6. The molecule has 1 saturated carbocycles. The van der Waals surface area contributed by atoms with Gasteiger partial charge in [-0.25, -0.2) is 4.98 Å². The van der Waals surface area contributed by atoms with E-state index in [2.05, 4.69) is 9.97 Å². The second-order valence-corrected chi connectivity index (χ2v) is 5.09. The molecule has 1 fully saturated rings. The van der Waals surface area contributed by atoms with Crippen LogP contribution >= 0.6 is 11.6 Å². The van der Waals surface area contributed by atoms with Crippen LogP contribution in [0.25, 0.3) is 0 Å². The quantitative estimate of drug-likeness (QED) is 0.482. The predicted molar refractivity (Wildman–Crippen MR) is 72.1 cm³/mol. The number of aromatic nitrogens is 2. The van der Waals surface area contributed by atoms with Crippen LogP contribution in [0.3, 0.4) is 0 Å². The van der Waals surface area contributed by atoms with Gasteiger partial charge in [0.1, 0.15) is 11.8 Å². The number of rotatable bonds is 4. The van der Waals surface area contributed by atoms with Crippen molar-refractivity contribution >= 4 is 17.3 Å². The molecule has 0 radical (unpaired) electrons. The molecule has 20 heavy (non-hydrogen) atoms. The fourth-order valence-electron chi connectivity index (χ4n) is 2.38. The van der Waals surface area contributed by atoms with E-state index < -0.39 is 4.92 Å². The van der Waals surface area contributed by atoms with Crippen LogP contribution in [0.15, 0.2) is 0 Å². The molecule has 1 aliphatic rings. The van der Waals surface area contributed by atoms with Crippen LogP contribution in [0.4, 0.5) is 5.69 Å². The van der Waals surface area contributed by atoms with Crippen LogP contribution in [-0.4, -0.2) is 34.2 Å². The lowest BCUT2D eigenvalue weighted by atomic mass is 9.95.